The van der Waals surface area contributed by atoms with Gasteiger partial charge in [-0.05, 0) is 48.6 Å². The molecular formula is C21H30N4O2S. The summed E-state index contributed by atoms with van der Waals surface area (Å²) in [5, 5.41) is 10.9. The molecule has 2 amide bonds. The molecule has 28 heavy (non-hydrogen) atoms. The van der Waals surface area contributed by atoms with Crippen molar-refractivity contribution in [3.8, 4) is 0 Å². The first-order valence-electron chi connectivity index (χ1n) is 9.85. The van der Waals surface area contributed by atoms with Crippen LogP contribution in [0.25, 0.3) is 5.52 Å². The second-order valence-electron chi connectivity index (χ2n) is 8.25. The molecule has 7 heteroatoms. The number of fused-ring (bicyclic) bond motifs is 1. The zero-order valence-corrected chi connectivity index (χ0v) is 17.9. The van der Waals surface area contributed by atoms with Crippen molar-refractivity contribution in [2.75, 3.05) is 12.8 Å². The molecule has 0 aliphatic heterocycles. The van der Waals surface area contributed by atoms with Crippen molar-refractivity contribution < 1.29 is 9.59 Å². The van der Waals surface area contributed by atoms with Crippen LogP contribution in [0.15, 0.2) is 30.6 Å². The summed E-state index contributed by atoms with van der Waals surface area (Å²) >= 11 is 1.79. The van der Waals surface area contributed by atoms with E-state index in [1.165, 1.54) is 0 Å². The number of hydrogen-bond donors (Lipinski definition) is 2. The van der Waals surface area contributed by atoms with Crippen LogP contribution in [-0.2, 0) is 4.79 Å². The molecule has 6 nitrogen and oxygen atoms in total. The number of pyridine rings is 1. The Morgan fingerprint density at radius 1 is 1.39 bits per heavy atom. The standard InChI is InChI=1S/C21H30N4O2S/c1-14(28-4)7-8-19(26)22-13-15-12-18(21(15,2)3)24-20(27)16-6-5-11-25-17(16)9-10-23-25/h5-6,9-11,14-15,18H,7-8,12-13H2,1-4H3,(H,22,26)(H,24,27). The van der Waals surface area contributed by atoms with Gasteiger partial charge in [-0.3, -0.25) is 9.59 Å². The maximum Gasteiger partial charge on any atom is 0.253 e. The summed E-state index contributed by atoms with van der Waals surface area (Å²) in [5.41, 5.74) is 1.39. The number of aromatic nitrogens is 2. The van der Waals surface area contributed by atoms with Crippen molar-refractivity contribution in [3.63, 3.8) is 0 Å². The summed E-state index contributed by atoms with van der Waals surface area (Å²) < 4.78 is 1.71. The van der Waals surface area contributed by atoms with Crippen LogP contribution in [0.1, 0.15) is 50.4 Å². The smallest absolute Gasteiger partial charge is 0.253 e. The number of rotatable bonds is 8. The molecule has 2 aromatic rings. The van der Waals surface area contributed by atoms with Gasteiger partial charge < -0.3 is 10.6 Å². The monoisotopic (exact) mass is 402 g/mol. The SMILES string of the molecule is CSC(C)CCC(=O)NCC1CC(NC(=O)c2cccn3nccc23)C1(C)C. The number of carbonyl (C=O) groups excluding carboxylic acids is 2. The lowest BCUT2D eigenvalue weighted by Gasteiger charge is -2.52. The van der Waals surface area contributed by atoms with Crippen LogP contribution in [0.5, 0.6) is 0 Å². The zero-order chi connectivity index (χ0) is 20.3. The highest BCUT2D eigenvalue weighted by atomic mass is 32.2. The van der Waals surface area contributed by atoms with Gasteiger partial charge in [0.2, 0.25) is 5.91 Å². The third-order valence-electron chi connectivity index (χ3n) is 6.18. The van der Waals surface area contributed by atoms with E-state index in [2.05, 4.69) is 42.8 Å². The lowest BCUT2D eigenvalue weighted by molar-refractivity contribution is -0.122. The molecule has 0 spiro atoms. The van der Waals surface area contributed by atoms with Crippen molar-refractivity contribution in [1.82, 2.24) is 20.2 Å². The normalized spacial score (nSPS) is 21.7. The van der Waals surface area contributed by atoms with Gasteiger partial charge in [0.05, 0.1) is 17.3 Å². The van der Waals surface area contributed by atoms with E-state index in [4.69, 9.17) is 0 Å². The fourth-order valence-electron chi connectivity index (χ4n) is 3.77. The molecule has 2 heterocycles. The van der Waals surface area contributed by atoms with Crippen molar-refractivity contribution in [1.29, 1.82) is 0 Å². The van der Waals surface area contributed by atoms with E-state index < -0.39 is 0 Å². The molecule has 0 radical (unpaired) electrons. The van der Waals surface area contributed by atoms with E-state index in [0.717, 1.165) is 18.4 Å². The molecule has 1 fully saturated rings. The maximum absolute atomic E-state index is 12.8. The largest absolute Gasteiger partial charge is 0.356 e. The van der Waals surface area contributed by atoms with E-state index in [-0.39, 0.29) is 23.3 Å². The highest BCUT2D eigenvalue weighted by Crippen LogP contribution is 2.46. The minimum Gasteiger partial charge on any atom is -0.356 e. The van der Waals surface area contributed by atoms with Gasteiger partial charge in [-0.2, -0.15) is 16.9 Å². The Kier molecular flexibility index (Phi) is 6.33. The molecular weight excluding hydrogens is 372 g/mol. The number of nitrogens with zero attached hydrogens (tertiary/aromatic N) is 2. The molecule has 3 unspecified atom stereocenters. The molecule has 152 valence electrons. The molecule has 1 aliphatic carbocycles. The van der Waals surface area contributed by atoms with Crippen LogP contribution < -0.4 is 10.6 Å². The molecule has 0 saturated heterocycles. The maximum atomic E-state index is 12.8. The molecule has 1 aliphatic rings. The van der Waals surface area contributed by atoms with E-state index in [1.807, 2.05) is 24.4 Å². The Balaban J connectivity index is 1.50. The predicted octanol–water partition coefficient (Wildman–Crippen LogP) is 3.13. The Morgan fingerprint density at radius 3 is 2.89 bits per heavy atom. The van der Waals surface area contributed by atoms with Gasteiger partial charge in [-0.1, -0.05) is 20.8 Å². The zero-order valence-electron chi connectivity index (χ0n) is 17.1. The van der Waals surface area contributed by atoms with E-state index >= 15 is 0 Å². The number of thioether (sulfide) groups is 1. The number of nitrogens with one attached hydrogen (secondary N) is 2. The first-order valence-corrected chi connectivity index (χ1v) is 11.1. The van der Waals surface area contributed by atoms with E-state index in [1.54, 1.807) is 22.5 Å². The Labute approximate surface area is 170 Å². The van der Waals surface area contributed by atoms with Crippen molar-refractivity contribution in [3.05, 3.63) is 36.2 Å². The van der Waals surface area contributed by atoms with Gasteiger partial charge in [-0.15, -0.1) is 0 Å². The number of amides is 2. The van der Waals surface area contributed by atoms with Gasteiger partial charge in [0.25, 0.3) is 5.91 Å². The van der Waals surface area contributed by atoms with E-state index in [9.17, 15) is 9.59 Å². The number of carbonyl (C=O) groups is 2. The van der Waals surface area contributed by atoms with Crippen LogP contribution >= 0.6 is 11.8 Å². The third-order valence-corrected chi connectivity index (χ3v) is 7.22. The molecule has 2 aromatic heterocycles. The van der Waals surface area contributed by atoms with Gasteiger partial charge in [0.15, 0.2) is 0 Å². The first kappa shape index (κ1) is 20.7. The molecule has 3 rings (SSSR count). The highest BCUT2D eigenvalue weighted by molar-refractivity contribution is 7.99. The summed E-state index contributed by atoms with van der Waals surface area (Å²) in [6.45, 7) is 7.13. The predicted molar refractivity (Wildman–Crippen MR) is 114 cm³/mol. The topological polar surface area (TPSA) is 75.5 Å². The summed E-state index contributed by atoms with van der Waals surface area (Å²) in [5.74, 6) is 0.416. The fraction of sp³-hybridized carbons (Fsp3) is 0.571. The molecule has 3 atom stereocenters. The van der Waals surface area contributed by atoms with Gasteiger partial charge in [0, 0.05) is 30.5 Å². The summed E-state index contributed by atoms with van der Waals surface area (Å²) in [4.78, 5) is 24.8. The highest BCUT2D eigenvalue weighted by Gasteiger charge is 2.48. The first-order chi connectivity index (χ1) is 13.3. The Bertz CT molecular complexity index is 848. The van der Waals surface area contributed by atoms with Crippen LogP contribution in [-0.4, -0.2) is 45.5 Å². The van der Waals surface area contributed by atoms with Gasteiger partial charge in [0.1, 0.15) is 0 Å². The van der Waals surface area contributed by atoms with Crippen LogP contribution in [0.2, 0.25) is 0 Å². The minimum atomic E-state index is -0.0716. The van der Waals surface area contributed by atoms with Crippen LogP contribution in [0, 0.1) is 11.3 Å². The molecule has 0 bridgehead atoms. The van der Waals surface area contributed by atoms with Crippen LogP contribution in [0.3, 0.4) is 0 Å². The second-order valence-corrected chi connectivity index (χ2v) is 9.53. The summed E-state index contributed by atoms with van der Waals surface area (Å²) in [6, 6.07) is 5.60. The lowest BCUT2D eigenvalue weighted by Crippen LogP contribution is -2.60. The Morgan fingerprint density at radius 2 is 2.18 bits per heavy atom. The lowest BCUT2D eigenvalue weighted by atomic mass is 9.58. The Hall–Kier alpha value is -2.02. The van der Waals surface area contributed by atoms with Gasteiger partial charge >= 0.3 is 0 Å². The van der Waals surface area contributed by atoms with Crippen molar-refractivity contribution in [2.24, 2.45) is 11.3 Å². The van der Waals surface area contributed by atoms with Crippen molar-refractivity contribution in [2.45, 2.75) is 51.3 Å². The number of hydrogen-bond acceptors (Lipinski definition) is 4. The van der Waals surface area contributed by atoms with Crippen LogP contribution in [0.4, 0.5) is 0 Å². The van der Waals surface area contributed by atoms with Crippen molar-refractivity contribution >= 4 is 29.1 Å². The van der Waals surface area contributed by atoms with Gasteiger partial charge in [-0.25, -0.2) is 4.52 Å². The second kappa shape index (κ2) is 8.55. The minimum absolute atomic E-state index is 0.0547. The third kappa shape index (κ3) is 4.35. The molecule has 0 aromatic carbocycles. The summed E-state index contributed by atoms with van der Waals surface area (Å²) in [6.07, 6.45) is 7.95. The van der Waals surface area contributed by atoms with E-state index in [0.29, 0.717) is 29.7 Å². The molecule has 1 saturated carbocycles. The quantitative estimate of drug-likeness (QED) is 0.711. The fourth-order valence-corrected chi connectivity index (χ4v) is 4.12. The molecule has 2 N–H and O–H groups in total. The summed E-state index contributed by atoms with van der Waals surface area (Å²) in [7, 11) is 0. The average molecular weight is 403 g/mol. The average Bonchev–Trinajstić information content (AvgIpc) is 3.16.